The van der Waals surface area contributed by atoms with Gasteiger partial charge in [-0.05, 0) is 42.8 Å². The summed E-state index contributed by atoms with van der Waals surface area (Å²) in [7, 11) is 0. The van der Waals surface area contributed by atoms with Gasteiger partial charge in [-0.15, -0.1) is 0 Å². The molecule has 118 valence electrons. The maximum absolute atomic E-state index is 12.2. The van der Waals surface area contributed by atoms with Gasteiger partial charge in [0.05, 0.1) is 17.7 Å². The Kier molecular flexibility index (Phi) is 5.26. The molecular weight excluding hydrogens is 302 g/mol. The van der Waals surface area contributed by atoms with E-state index >= 15 is 0 Å². The SMILES string of the molecule is CC(NC(=O)c1cccc(C#N)c1)c1cccc(OC(F)F)c1. The Labute approximate surface area is 132 Å². The van der Waals surface area contributed by atoms with Crippen LogP contribution >= 0.6 is 0 Å². The summed E-state index contributed by atoms with van der Waals surface area (Å²) in [6.07, 6.45) is 0. The van der Waals surface area contributed by atoms with Crippen molar-refractivity contribution in [2.45, 2.75) is 19.6 Å². The molecule has 2 rings (SSSR count). The highest BCUT2D eigenvalue weighted by Gasteiger charge is 2.13. The fraction of sp³-hybridized carbons (Fsp3) is 0.176. The number of halogens is 2. The maximum atomic E-state index is 12.2. The number of amides is 1. The zero-order valence-electron chi connectivity index (χ0n) is 12.3. The first kappa shape index (κ1) is 16.4. The highest BCUT2D eigenvalue weighted by atomic mass is 19.3. The first-order valence-corrected chi connectivity index (χ1v) is 6.85. The molecule has 0 bridgehead atoms. The second-order valence-electron chi connectivity index (χ2n) is 4.84. The molecule has 0 heterocycles. The highest BCUT2D eigenvalue weighted by molar-refractivity contribution is 5.94. The number of nitrogens with one attached hydrogen (secondary N) is 1. The third kappa shape index (κ3) is 4.51. The second kappa shape index (κ2) is 7.36. The van der Waals surface area contributed by atoms with E-state index in [1.54, 1.807) is 37.3 Å². The minimum atomic E-state index is -2.90. The zero-order valence-corrected chi connectivity index (χ0v) is 12.3. The molecule has 4 nitrogen and oxygen atoms in total. The average Bonchev–Trinajstić information content (AvgIpc) is 2.54. The molecule has 2 aromatic rings. The molecule has 6 heteroatoms. The number of alkyl halides is 2. The summed E-state index contributed by atoms with van der Waals surface area (Å²) in [4.78, 5) is 12.2. The van der Waals surface area contributed by atoms with Crippen LogP contribution in [0.1, 0.15) is 34.5 Å². The molecule has 23 heavy (non-hydrogen) atoms. The topological polar surface area (TPSA) is 62.1 Å². The van der Waals surface area contributed by atoms with Crippen molar-refractivity contribution in [1.29, 1.82) is 5.26 Å². The van der Waals surface area contributed by atoms with Crippen LogP contribution in [0.5, 0.6) is 5.75 Å². The molecule has 0 saturated heterocycles. The minimum absolute atomic E-state index is 0.0325. The Balaban J connectivity index is 2.10. The lowest BCUT2D eigenvalue weighted by Gasteiger charge is -2.15. The molecule has 0 saturated carbocycles. The van der Waals surface area contributed by atoms with E-state index in [0.29, 0.717) is 16.7 Å². The lowest BCUT2D eigenvalue weighted by atomic mass is 10.1. The number of nitriles is 1. The van der Waals surface area contributed by atoms with Crippen molar-refractivity contribution in [3.8, 4) is 11.8 Å². The zero-order chi connectivity index (χ0) is 16.8. The van der Waals surface area contributed by atoms with Crippen LogP contribution in [0.3, 0.4) is 0 Å². The Morgan fingerprint density at radius 1 is 1.22 bits per heavy atom. The molecule has 0 aliphatic rings. The lowest BCUT2D eigenvalue weighted by molar-refractivity contribution is -0.0499. The van der Waals surface area contributed by atoms with Crippen molar-refractivity contribution < 1.29 is 18.3 Å². The second-order valence-corrected chi connectivity index (χ2v) is 4.84. The predicted octanol–water partition coefficient (Wildman–Crippen LogP) is 3.65. The van der Waals surface area contributed by atoms with Gasteiger partial charge in [-0.1, -0.05) is 18.2 Å². The Morgan fingerprint density at radius 2 is 1.96 bits per heavy atom. The summed E-state index contributed by atoms with van der Waals surface area (Å²) in [6, 6.07) is 14.0. The van der Waals surface area contributed by atoms with Gasteiger partial charge in [0.15, 0.2) is 0 Å². The average molecular weight is 316 g/mol. The van der Waals surface area contributed by atoms with Crippen LogP contribution in [0.4, 0.5) is 8.78 Å². The minimum Gasteiger partial charge on any atom is -0.435 e. The fourth-order valence-electron chi connectivity index (χ4n) is 2.05. The summed E-state index contributed by atoms with van der Waals surface area (Å²) < 4.78 is 28.8. The van der Waals surface area contributed by atoms with Gasteiger partial charge in [0.1, 0.15) is 5.75 Å². The van der Waals surface area contributed by atoms with Gasteiger partial charge in [0, 0.05) is 5.56 Å². The first-order valence-electron chi connectivity index (χ1n) is 6.85. The number of benzene rings is 2. The van der Waals surface area contributed by atoms with Crippen LogP contribution in [0.25, 0.3) is 0 Å². The van der Waals surface area contributed by atoms with E-state index in [-0.39, 0.29) is 11.7 Å². The van der Waals surface area contributed by atoms with E-state index in [0.717, 1.165) is 0 Å². The van der Waals surface area contributed by atoms with Crippen molar-refractivity contribution in [3.63, 3.8) is 0 Å². The number of carbonyl (C=O) groups excluding carboxylic acids is 1. The molecule has 1 atom stereocenters. The van der Waals surface area contributed by atoms with Crippen molar-refractivity contribution in [3.05, 3.63) is 65.2 Å². The van der Waals surface area contributed by atoms with Gasteiger partial charge in [-0.2, -0.15) is 14.0 Å². The normalized spacial score (nSPS) is 11.6. The number of hydrogen-bond acceptors (Lipinski definition) is 3. The van der Waals surface area contributed by atoms with Crippen molar-refractivity contribution in [2.75, 3.05) is 0 Å². The largest absolute Gasteiger partial charge is 0.435 e. The van der Waals surface area contributed by atoms with Gasteiger partial charge < -0.3 is 10.1 Å². The number of carbonyl (C=O) groups is 1. The molecule has 0 spiro atoms. The summed E-state index contributed by atoms with van der Waals surface area (Å²) in [6.45, 7) is -1.17. The van der Waals surface area contributed by atoms with Gasteiger partial charge in [0.2, 0.25) is 0 Å². The Bertz CT molecular complexity index is 741. The number of ether oxygens (including phenoxy) is 1. The first-order chi connectivity index (χ1) is 11.0. The summed E-state index contributed by atoms with van der Waals surface area (Å²) in [5.74, 6) is -0.320. The molecule has 0 aliphatic carbocycles. The van der Waals surface area contributed by atoms with Gasteiger partial charge >= 0.3 is 6.61 Å². The van der Waals surface area contributed by atoms with Crippen LogP contribution in [0.15, 0.2) is 48.5 Å². The van der Waals surface area contributed by atoms with Gasteiger partial charge in [-0.25, -0.2) is 0 Å². The van der Waals surface area contributed by atoms with Crippen LogP contribution in [0, 0.1) is 11.3 Å². The Morgan fingerprint density at radius 3 is 2.65 bits per heavy atom. The third-order valence-electron chi connectivity index (χ3n) is 3.18. The van der Waals surface area contributed by atoms with Crippen molar-refractivity contribution >= 4 is 5.91 Å². The van der Waals surface area contributed by atoms with E-state index in [9.17, 15) is 13.6 Å². The standard InChI is InChI=1S/C17H14F2N2O2/c1-11(13-5-3-7-15(9-13)23-17(18)19)21-16(22)14-6-2-4-12(8-14)10-20/h2-9,11,17H,1H3,(H,21,22). The molecule has 0 aromatic heterocycles. The number of hydrogen-bond donors (Lipinski definition) is 1. The smallest absolute Gasteiger partial charge is 0.387 e. The third-order valence-corrected chi connectivity index (χ3v) is 3.18. The van der Waals surface area contributed by atoms with E-state index in [1.165, 1.54) is 18.2 Å². The summed E-state index contributed by atoms with van der Waals surface area (Å²) in [5, 5.41) is 11.6. The Hall–Kier alpha value is -2.94. The molecule has 0 radical (unpaired) electrons. The highest BCUT2D eigenvalue weighted by Crippen LogP contribution is 2.21. The molecule has 2 aromatic carbocycles. The van der Waals surface area contributed by atoms with E-state index in [2.05, 4.69) is 10.1 Å². The number of nitrogens with zero attached hydrogens (tertiary/aromatic N) is 1. The summed E-state index contributed by atoms with van der Waals surface area (Å²) in [5.41, 5.74) is 1.38. The van der Waals surface area contributed by atoms with Crippen LogP contribution in [-0.2, 0) is 0 Å². The van der Waals surface area contributed by atoms with E-state index in [1.807, 2.05) is 6.07 Å². The molecule has 1 N–H and O–H groups in total. The number of rotatable bonds is 5. The molecule has 1 amide bonds. The maximum Gasteiger partial charge on any atom is 0.387 e. The molecular formula is C17H14F2N2O2. The molecule has 1 unspecified atom stereocenters. The quantitative estimate of drug-likeness (QED) is 0.916. The van der Waals surface area contributed by atoms with Crippen molar-refractivity contribution in [2.24, 2.45) is 0 Å². The molecule has 0 fully saturated rings. The van der Waals surface area contributed by atoms with E-state index in [4.69, 9.17) is 5.26 Å². The van der Waals surface area contributed by atoms with Crippen molar-refractivity contribution in [1.82, 2.24) is 5.32 Å². The predicted molar refractivity (Wildman–Crippen MR) is 80.1 cm³/mol. The van der Waals surface area contributed by atoms with Gasteiger partial charge in [-0.3, -0.25) is 4.79 Å². The fourth-order valence-corrected chi connectivity index (χ4v) is 2.05. The van der Waals surface area contributed by atoms with E-state index < -0.39 is 12.7 Å². The molecule has 0 aliphatic heterocycles. The van der Waals surface area contributed by atoms with Crippen LogP contribution < -0.4 is 10.1 Å². The van der Waals surface area contributed by atoms with Gasteiger partial charge in [0.25, 0.3) is 5.91 Å². The van der Waals surface area contributed by atoms with Crippen LogP contribution in [-0.4, -0.2) is 12.5 Å². The van der Waals surface area contributed by atoms with Crippen LogP contribution in [0.2, 0.25) is 0 Å². The monoisotopic (exact) mass is 316 g/mol. The summed E-state index contributed by atoms with van der Waals surface area (Å²) >= 11 is 0. The lowest BCUT2D eigenvalue weighted by Crippen LogP contribution is -2.26.